The number of carbonyl (C=O) groups is 1. The predicted molar refractivity (Wildman–Crippen MR) is 172 cm³/mol. The highest BCUT2D eigenvalue weighted by atomic mass is 32.2. The van der Waals surface area contributed by atoms with Gasteiger partial charge < -0.3 is 20.3 Å². The van der Waals surface area contributed by atoms with Gasteiger partial charge in [0.1, 0.15) is 16.8 Å². The molecular weight excluding hydrogens is 546 g/mol. The summed E-state index contributed by atoms with van der Waals surface area (Å²) in [5, 5.41) is 15.3. The van der Waals surface area contributed by atoms with Gasteiger partial charge >= 0.3 is 6.03 Å². The average Bonchev–Trinajstić information content (AvgIpc) is 3.00. The Morgan fingerprint density at radius 2 is 1.71 bits per heavy atom. The van der Waals surface area contributed by atoms with Gasteiger partial charge in [0, 0.05) is 54.7 Å². The molecule has 0 radical (unpaired) electrons. The lowest BCUT2D eigenvalue weighted by atomic mass is 10.1. The molecule has 0 spiro atoms. The summed E-state index contributed by atoms with van der Waals surface area (Å²) in [5.41, 5.74) is 4.64. The standard InChI is InChI=1S/C32H37N7O2S/c1-3-4-16-38-17-19-39(20-18-38)31(33)24-6-5-7-26(22-24)36-32(40)35-25-9-11-27(12-10-25)42(41)37-29-14-15-34-30-21-23(2)8-13-28(29)30/h5-15,21-22,33H,3-4,16-20H2,1-2H3,(H,34,37)(H2,35,36,40). The summed E-state index contributed by atoms with van der Waals surface area (Å²) < 4.78 is 16.1. The van der Waals surface area contributed by atoms with Crippen LogP contribution < -0.4 is 15.4 Å². The van der Waals surface area contributed by atoms with Gasteiger partial charge in [0.15, 0.2) is 0 Å². The maximum Gasteiger partial charge on any atom is 0.323 e. The molecule has 1 saturated heterocycles. The van der Waals surface area contributed by atoms with E-state index in [4.69, 9.17) is 5.41 Å². The van der Waals surface area contributed by atoms with Gasteiger partial charge in [-0.1, -0.05) is 37.6 Å². The first-order valence-corrected chi connectivity index (χ1v) is 15.4. The Kier molecular flexibility index (Phi) is 9.45. The zero-order valence-corrected chi connectivity index (χ0v) is 24.8. The third-order valence-electron chi connectivity index (χ3n) is 7.34. The molecule has 2 heterocycles. The number of hydrogen-bond donors (Lipinski definition) is 4. The normalized spacial score (nSPS) is 14.4. The van der Waals surface area contributed by atoms with E-state index in [9.17, 15) is 9.00 Å². The molecule has 4 N–H and O–H groups in total. The van der Waals surface area contributed by atoms with E-state index in [1.165, 1.54) is 12.8 Å². The van der Waals surface area contributed by atoms with Crippen LogP contribution in [0.15, 0.2) is 83.9 Å². The Labute approximate surface area is 249 Å². The molecule has 0 bridgehead atoms. The second-order valence-electron chi connectivity index (χ2n) is 10.5. The van der Waals surface area contributed by atoms with Gasteiger partial charge in [-0.05, 0) is 74.0 Å². The summed E-state index contributed by atoms with van der Waals surface area (Å²) in [4.78, 5) is 22.3. The van der Waals surface area contributed by atoms with Crippen molar-refractivity contribution in [1.29, 1.82) is 5.41 Å². The van der Waals surface area contributed by atoms with Crippen LogP contribution in [0.2, 0.25) is 0 Å². The first-order chi connectivity index (χ1) is 20.4. The zero-order chi connectivity index (χ0) is 29.5. The minimum atomic E-state index is -1.49. The Morgan fingerprint density at radius 1 is 0.952 bits per heavy atom. The van der Waals surface area contributed by atoms with Gasteiger partial charge in [0.05, 0.1) is 16.1 Å². The number of pyridine rings is 1. The number of carbonyl (C=O) groups excluding carboxylic acids is 1. The van der Waals surface area contributed by atoms with Crippen molar-refractivity contribution in [3.8, 4) is 0 Å². The van der Waals surface area contributed by atoms with E-state index in [0.29, 0.717) is 22.1 Å². The topological polar surface area (TPSA) is 113 Å². The van der Waals surface area contributed by atoms with Crippen LogP contribution in [0.5, 0.6) is 0 Å². The number of nitrogens with zero attached hydrogens (tertiary/aromatic N) is 3. The van der Waals surface area contributed by atoms with Crippen molar-refractivity contribution in [2.45, 2.75) is 31.6 Å². The number of amides is 2. The van der Waals surface area contributed by atoms with E-state index in [0.717, 1.165) is 60.4 Å². The molecule has 1 fully saturated rings. The van der Waals surface area contributed by atoms with Crippen LogP contribution in [0.4, 0.5) is 21.9 Å². The van der Waals surface area contributed by atoms with Crippen LogP contribution in [-0.4, -0.2) is 63.6 Å². The summed E-state index contributed by atoms with van der Waals surface area (Å²) in [7, 11) is -1.49. The Morgan fingerprint density at radius 3 is 2.48 bits per heavy atom. The van der Waals surface area contributed by atoms with Crippen molar-refractivity contribution < 1.29 is 9.00 Å². The van der Waals surface area contributed by atoms with Gasteiger partial charge in [-0.3, -0.25) is 15.3 Å². The van der Waals surface area contributed by atoms with Gasteiger partial charge in [-0.25, -0.2) is 9.00 Å². The molecule has 5 rings (SSSR count). The van der Waals surface area contributed by atoms with Gasteiger partial charge in [-0.15, -0.1) is 0 Å². The molecule has 0 aliphatic carbocycles. The largest absolute Gasteiger partial charge is 0.354 e. The van der Waals surface area contributed by atoms with E-state index in [1.54, 1.807) is 42.6 Å². The van der Waals surface area contributed by atoms with Crippen molar-refractivity contribution in [2.75, 3.05) is 48.1 Å². The number of rotatable bonds is 9. The minimum Gasteiger partial charge on any atom is -0.354 e. The highest BCUT2D eigenvalue weighted by Crippen LogP contribution is 2.24. The average molecular weight is 584 g/mol. The molecule has 1 aromatic heterocycles. The fourth-order valence-electron chi connectivity index (χ4n) is 4.96. The van der Waals surface area contributed by atoms with Crippen molar-refractivity contribution in [1.82, 2.24) is 14.8 Å². The molecule has 10 heteroatoms. The predicted octanol–water partition coefficient (Wildman–Crippen LogP) is 6.06. The molecular formula is C32H37N7O2S. The number of fused-ring (bicyclic) bond motifs is 1. The third-order valence-corrected chi connectivity index (χ3v) is 8.44. The lowest BCUT2D eigenvalue weighted by molar-refractivity contribution is 0.180. The fourth-order valence-corrected chi connectivity index (χ4v) is 5.84. The number of aryl methyl sites for hydroxylation is 1. The lowest BCUT2D eigenvalue weighted by Crippen LogP contribution is -2.48. The first kappa shape index (κ1) is 29.2. The van der Waals surface area contributed by atoms with Gasteiger partial charge in [0.2, 0.25) is 0 Å². The minimum absolute atomic E-state index is 0.395. The summed E-state index contributed by atoms with van der Waals surface area (Å²) in [5.74, 6) is 0.473. The molecule has 4 aromatic rings. The van der Waals surface area contributed by atoms with Crippen LogP contribution >= 0.6 is 0 Å². The van der Waals surface area contributed by atoms with E-state index in [1.807, 2.05) is 43.3 Å². The van der Waals surface area contributed by atoms with Gasteiger partial charge in [-0.2, -0.15) is 0 Å². The molecule has 9 nitrogen and oxygen atoms in total. The number of piperazine rings is 1. The number of anilines is 3. The number of benzene rings is 3. The third kappa shape index (κ3) is 7.32. The molecule has 1 aliphatic heterocycles. The Bertz CT molecular complexity index is 1580. The van der Waals surface area contributed by atoms with Crippen LogP contribution in [0.1, 0.15) is 30.9 Å². The maximum absolute atomic E-state index is 13.0. The molecule has 42 heavy (non-hydrogen) atoms. The SMILES string of the molecule is CCCCN1CCN(C(=N)c2cccc(NC(=O)Nc3ccc(S(=O)Nc4ccnc5cc(C)ccc45)cc3)c2)CC1. The molecule has 1 aliphatic rings. The molecule has 0 saturated carbocycles. The Balaban J connectivity index is 1.15. The van der Waals surface area contributed by atoms with Crippen molar-refractivity contribution in [3.63, 3.8) is 0 Å². The van der Waals surface area contributed by atoms with Gasteiger partial charge in [0.25, 0.3) is 0 Å². The summed E-state index contributed by atoms with van der Waals surface area (Å²) in [6.45, 7) is 8.92. The summed E-state index contributed by atoms with van der Waals surface area (Å²) in [6, 6.07) is 21.6. The number of nitrogens with one attached hydrogen (secondary N) is 4. The summed E-state index contributed by atoms with van der Waals surface area (Å²) in [6.07, 6.45) is 4.09. The van der Waals surface area contributed by atoms with Crippen molar-refractivity contribution in [2.24, 2.45) is 0 Å². The fraction of sp³-hybridized carbons (Fsp3) is 0.281. The molecule has 1 atom stereocenters. The maximum atomic E-state index is 13.0. The lowest BCUT2D eigenvalue weighted by Gasteiger charge is -2.36. The summed E-state index contributed by atoms with van der Waals surface area (Å²) >= 11 is 0. The highest BCUT2D eigenvalue weighted by molar-refractivity contribution is 7.86. The van der Waals surface area contributed by atoms with Crippen molar-refractivity contribution >= 4 is 50.8 Å². The monoisotopic (exact) mass is 583 g/mol. The van der Waals surface area contributed by atoms with E-state index in [2.05, 4.69) is 37.1 Å². The van der Waals surface area contributed by atoms with E-state index < -0.39 is 17.0 Å². The number of hydrogen-bond acceptors (Lipinski definition) is 5. The van der Waals surface area contributed by atoms with Crippen LogP contribution in [0.25, 0.3) is 10.9 Å². The molecule has 3 aromatic carbocycles. The van der Waals surface area contributed by atoms with Crippen molar-refractivity contribution in [3.05, 3.63) is 90.1 Å². The second kappa shape index (κ2) is 13.6. The van der Waals surface area contributed by atoms with Crippen LogP contribution in [0, 0.1) is 12.3 Å². The van der Waals surface area contributed by atoms with Crippen LogP contribution in [0.3, 0.4) is 0 Å². The number of aromatic nitrogens is 1. The number of amidine groups is 1. The number of urea groups is 1. The van der Waals surface area contributed by atoms with Crippen LogP contribution in [-0.2, 0) is 11.0 Å². The second-order valence-corrected chi connectivity index (χ2v) is 11.7. The molecule has 2 amide bonds. The quantitative estimate of drug-likeness (QED) is 0.141. The molecule has 218 valence electrons. The first-order valence-electron chi connectivity index (χ1n) is 14.3. The highest BCUT2D eigenvalue weighted by Gasteiger charge is 2.20. The molecule has 1 unspecified atom stereocenters. The van der Waals surface area contributed by atoms with E-state index in [-0.39, 0.29) is 0 Å². The smallest absolute Gasteiger partial charge is 0.323 e. The Hall–Kier alpha value is -4.28. The zero-order valence-electron chi connectivity index (χ0n) is 24.0. The van der Waals surface area contributed by atoms with E-state index >= 15 is 0 Å². The number of unbranched alkanes of at least 4 members (excludes halogenated alkanes) is 1.